The summed E-state index contributed by atoms with van der Waals surface area (Å²) in [5, 5.41) is 16.1. The van der Waals surface area contributed by atoms with Gasteiger partial charge in [-0.3, -0.25) is 0 Å². The van der Waals surface area contributed by atoms with Gasteiger partial charge in [0.05, 0.1) is 11.8 Å². The molecule has 1 N–H and O–H groups in total. The first-order valence-electron chi connectivity index (χ1n) is 1.48. The molecule has 0 atom stereocenters. The Morgan fingerprint density at radius 3 is 1.88 bits per heavy atom. The van der Waals surface area contributed by atoms with Crippen molar-refractivity contribution in [3.8, 4) is 0 Å². The van der Waals surface area contributed by atoms with E-state index in [4.69, 9.17) is 15.0 Å². The minimum absolute atomic E-state index is 0. The summed E-state index contributed by atoms with van der Waals surface area (Å²) < 4.78 is 0. The first-order chi connectivity index (χ1) is 3.27. The monoisotopic (exact) mass is 148 g/mol. The SMILES string of the molecule is CO.O=C([O-])CCl.[Na+]. The van der Waals surface area contributed by atoms with Crippen molar-refractivity contribution in [2.75, 3.05) is 13.0 Å². The van der Waals surface area contributed by atoms with Crippen molar-refractivity contribution < 1.29 is 44.6 Å². The Bertz CT molecular complexity index is 49.8. The van der Waals surface area contributed by atoms with Crippen molar-refractivity contribution in [2.45, 2.75) is 0 Å². The number of rotatable bonds is 1. The van der Waals surface area contributed by atoms with Gasteiger partial charge in [0.2, 0.25) is 0 Å². The van der Waals surface area contributed by atoms with Crippen LogP contribution in [0.4, 0.5) is 0 Å². The van der Waals surface area contributed by atoms with E-state index >= 15 is 0 Å². The molecule has 0 bridgehead atoms. The van der Waals surface area contributed by atoms with Crippen molar-refractivity contribution in [3.05, 3.63) is 0 Å². The summed E-state index contributed by atoms with van der Waals surface area (Å²) in [4.78, 5) is 9.12. The van der Waals surface area contributed by atoms with Crippen LogP contribution in [0, 0.1) is 0 Å². The van der Waals surface area contributed by atoms with E-state index in [2.05, 4.69) is 11.6 Å². The van der Waals surface area contributed by atoms with E-state index in [9.17, 15) is 0 Å². The topological polar surface area (TPSA) is 60.4 Å². The number of carbonyl (C=O) groups is 1. The molecule has 8 heavy (non-hydrogen) atoms. The standard InChI is InChI=1S/C2H3ClO2.CH4O.Na/c3-1-2(4)5;1-2;/h1H2,(H,4,5);2H,1H3;/q;;+1/p-1. The van der Waals surface area contributed by atoms with E-state index in [1.807, 2.05) is 0 Å². The first-order valence-corrected chi connectivity index (χ1v) is 2.01. The van der Waals surface area contributed by atoms with Gasteiger partial charge < -0.3 is 15.0 Å². The second-order valence-corrected chi connectivity index (χ2v) is 0.773. The number of alkyl halides is 1. The number of aliphatic hydroxyl groups excluding tert-OH is 1. The molecule has 5 heteroatoms. The second-order valence-electron chi connectivity index (χ2n) is 0.506. The third-order valence-corrected chi connectivity index (χ3v) is 0.327. The fourth-order valence-electron chi connectivity index (χ4n) is 0. The van der Waals surface area contributed by atoms with Crippen LogP contribution in [0.3, 0.4) is 0 Å². The van der Waals surface area contributed by atoms with E-state index in [0.29, 0.717) is 0 Å². The molecule has 0 rings (SSSR count). The Morgan fingerprint density at radius 2 is 1.88 bits per heavy atom. The molecule has 0 unspecified atom stereocenters. The molecule has 0 spiro atoms. The number of aliphatic carboxylic acids is 1. The molecule has 0 aliphatic rings. The fraction of sp³-hybridized carbons (Fsp3) is 0.667. The van der Waals surface area contributed by atoms with Crippen LogP contribution >= 0.6 is 11.6 Å². The predicted octanol–water partition coefficient (Wildman–Crippen LogP) is -4.41. The average molecular weight is 149 g/mol. The molecule has 0 aliphatic heterocycles. The third-order valence-electron chi connectivity index (χ3n) is 0.109. The smallest absolute Gasteiger partial charge is 0.549 e. The van der Waals surface area contributed by atoms with E-state index in [-0.39, 0.29) is 29.6 Å². The Labute approximate surface area is 74.9 Å². The molecule has 0 aromatic heterocycles. The molecule has 0 amide bonds. The minimum atomic E-state index is -1.23. The molecule has 0 heterocycles. The van der Waals surface area contributed by atoms with Gasteiger partial charge in [-0.15, -0.1) is 11.6 Å². The molecule has 44 valence electrons. The summed E-state index contributed by atoms with van der Waals surface area (Å²) in [6.07, 6.45) is 0. The summed E-state index contributed by atoms with van der Waals surface area (Å²) in [7, 11) is 1.00. The average Bonchev–Trinajstić information content (AvgIpc) is 1.73. The van der Waals surface area contributed by atoms with Gasteiger partial charge in [0.1, 0.15) is 0 Å². The maximum atomic E-state index is 9.12. The molecule has 0 aliphatic carbocycles. The van der Waals surface area contributed by atoms with Crippen LogP contribution in [0.15, 0.2) is 0 Å². The van der Waals surface area contributed by atoms with Crippen LogP contribution in [0.2, 0.25) is 0 Å². The molecule has 0 aromatic rings. The number of hydrogen-bond donors (Lipinski definition) is 1. The number of carbonyl (C=O) groups excluding carboxylic acids is 1. The number of hydrogen-bond acceptors (Lipinski definition) is 3. The number of carboxylic acid groups (broad SMARTS) is 1. The quantitative estimate of drug-likeness (QED) is 0.302. The van der Waals surface area contributed by atoms with Gasteiger partial charge in [-0.25, -0.2) is 0 Å². The van der Waals surface area contributed by atoms with E-state index in [1.165, 1.54) is 0 Å². The summed E-state index contributed by atoms with van der Waals surface area (Å²) in [6.45, 7) is 0. The van der Waals surface area contributed by atoms with Crippen molar-refractivity contribution in [2.24, 2.45) is 0 Å². The normalized spacial score (nSPS) is 5.38. The summed E-state index contributed by atoms with van der Waals surface area (Å²) in [5.74, 6) is -1.65. The zero-order valence-corrected chi connectivity index (χ0v) is 7.60. The molecule has 0 saturated carbocycles. The van der Waals surface area contributed by atoms with Crippen molar-refractivity contribution in [1.29, 1.82) is 0 Å². The van der Waals surface area contributed by atoms with Crippen LogP contribution in [0.25, 0.3) is 0 Å². The van der Waals surface area contributed by atoms with E-state index < -0.39 is 11.8 Å². The summed E-state index contributed by atoms with van der Waals surface area (Å²) in [6, 6.07) is 0. The third kappa shape index (κ3) is 29.7. The van der Waals surface area contributed by atoms with Crippen LogP contribution in [0.1, 0.15) is 0 Å². The molecule has 0 saturated heterocycles. The molecule has 0 fully saturated rings. The molecular weight excluding hydrogens is 142 g/mol. The zero-order chi connectivity index (χ0) is 6.28. The predicted molar refractivity (Wildman–Crippen MR) is 23.9 cm³/mol. The molecule has 3 nitrogen and oxygen atoms in total. The summed E-state index contributed by atoms with van der Waals surface area (Å²) >= 11 is 4.67. The molecular formula is C3H6ClNaO3. The van der Waals surface area contributed by atoms with Gasteiger partial charge in [-0.1, -0.05) is 0 Å². The van der Waals surface area contributed by atoms with Gasteiger partial charge in [0.25, 0.3) is 0 Å². The van der Waals surface area contributed by atoms with Crippen LogP contribution in [0.5, 0.6) is 0 Å². The minimum Gasteiger partial charge on any atom is -0.549 e. The van der Waals surface area contributed by atoms with Gasteiger partial charge in [0, 0.05) is 7.11 Å². The Balaban J connectivity index is -0.0000000750. The van der Waals surface area contributed by atoms with Crippen molar-refractivity contribution in [3.63, 3.8) is 0 Å². The summed E-state index contributed by atoms with van der Waals surface area (Å²) in [5.41, 5.74) is 0. The van der Waals surface area contributed by atoms with Crippen LogP contribution in [-0.4, -0.2) is 24.1 Å². The second kappa shape index (κ2) is 15.6. The van der Waals surface area contributed by atoms with E-state index in [1.54, 1.807) is 0 Å². The van der Waals surface area contributed by atoms with E-state index in [0.717, 1.165) is 7.11 Å². The van der Waals surface area contributed by atoms with Crippen molar-refractivity contribution >= 4 is 17.6 Å². The van der Waals surface area contributed by atoms with Gasteiger partial charge in [0.15, 0.2) is 0 Å². The van der Waals surface area contributed by atoms with Crippen LogP contribution in [-0.2, 0) is 4.79 Å². The van der Waals surface area contributed by atoms with Gasteiger partial charge in [-0.2, -0.15) is 0 Å². The zero-order valence-electron chi connectivity index (χ0n) is 4.85. The fourth-order valence-corrected chi connectivity index (χ4v) is 0. The van der Waals surface area contributed by atoms with Crippen molar-refractivity contribution in [1.82, 2.24) is 0 Å². The maximum absolute atomic E-state index is 9.12. The molecule has 0 radical (unpaired) electrons. The first kappa shape index (κ1) is 15.9. The van der Waals surface area contributed by atoms with Crippen LogP contribution < -0.4 is 34.7 Å². The molecule has 0 aromatic carbocycles. The Kier molecular flexibility index (Phi) is 31.1. The number of aliphatic hydroxyl groups is 1. The Hall–Kier alpha value is 0.720. The van der Waals surface area contributed by atoms with Gasteiger partial charge in [-0.05, 0) is 0 Å². The number of halogens is 1. The maximum Gasteiger partial charge on any atom is 1.00 e. The number of carboxylic acids is 1. The largest absolute Gasteiger partial charge is 1.00 e. The Morgan fingerprint density at radius 1 is 1.75 bits per heavy atom. The van der Waals surface area contributed by atoms with Gasteiger partial charge >= 0.3 is 29.6 Å².